The molecule has 0 saturated heterocycles. The van der Waals surface area contributed by atoms with Crippen LogP contribution in [0.1, 0.15) is 0 Å². The van der Waals surface area contributed by atoms with Gasteiger partial charge < -0.3 is 4.90 Å². The van der Waals surface area contributed by atoms with Crippen LogP contribution in [-0.2, 0) is 0 Å². The smallest absolute Gasteiger partial charge is 0.133 e. The molecule has 13 heavy (non-hydrogen) atoms. The monoisotopic (exact) mass is 217 g/mol. The Bertz CT molecular complexity index is 267. The van der Waals surface area contributed by atoms with Gasteiger partial charge in [-0.05, 0) is 14.1 Å². The largest absolute Gasteiger partial charge is 0.309 e. The Kier molecular flexibility index (Phi) is 4.48. The average molecular weight is 218 g/mol. The highest BCUT2D eigenvalue weighted by Gasteiger charge is 1.97. The van der Waals surface area contributed by atoms with Gasteiger partial charge in [-0.2, -0.15) is 0 Å². The van der Waals surface area contributed by atoms with Crippen LogP contribution in [0.3, 0.4) is 0 Å². The molecule has 0 aliphatic rings. The van der Waals surface area contributed by atoms with Crippen molar-refractivity contribution in [3.05, 3.63) is 17.5 Å². The normalized spacial score (nSPS) is 10.8. The van der Waals surface area contributed by atoms with E-state index in [1.807, 2.05) is 14.1 Å². The number of nitrogens with zero attached hydrogens (tertiary/aromatic N) is 3. The third-order valence-electron chi connectivity index (χ3n) is 1.40. The van der Waals surface area contributed by atoms with E-state index in [9.17, 15) is 0 Å². The van der Waals surface area contributed by atoms with Gasteiger partial charge in [-0.25, -0.2) is 9.97 Å². The summed E-state index contributed by atoms with van der Waals surface area (Å²) in [5, 5.41) is 1.43. The standard InChI is InChI=1S/C8H12ClN3S/c1-12(2)3-4-13-8-5-7(9)10-6-11-8/h5-6H,3-4H2,1-2H3. The van der Waals surface area contributed by atoms with Crippen molar-refractivity contribution >= 4 is 23.4 Å². The van der Waals surface area contributed by atoms with Gasteiger partial charge in [-0.1, -0.05) is 11.6 Å². The predicted molar refractivity (Wildman–Crippen MR) is 56.3 cm³/mol. The Morgan fingerprint density at radius 3 is 2.85 bits per heavy atom. The first kappa shape index (κ1) is 10.8. The van der Waals surface area contributed by atoms with Crippen molar-refractivity contribution in [2.45, 2.75) is 5.03 Å². The predicted octanol–water partition coefficient (Wildman–Crippen LogP) is 1.78. The molecule has 1 aromatic heterocycles. The quantitative estimate of drug-likeness (QED) is 0.568. The second-order valence-electron chi connectivity index (χ2n) is 2.83. The topological polar surface area (TPSA) is 29.0 Å². The maximum absolute atomic E-state index is 5.71. The molecule has 5 heteroatoms. The summed E-state index contributed by atoms with van der Waals surface area (Å²) in [5.74, 6) is 1.01. The van der Waals surface area contributed by atoms with Gasteiger partial charge in [-0.3, -0.25) is 0 Å². The first-order valence-corrected chi connectivity index (χ1v) is 5.30. The molecular weight excluding hydrogens is 206 g/mol. The van der Waals surface area contributed by atoms with E-state index in [2.05, 4.69) is 14.9 Å². The minimum atomic E-state index is 0.502. The molecule has 0 saturated carbocycles. The molecule has 0 bridgehead atoms. The Labute approximate surface area is 87.5 Å². The second kappa shape index (κ2) is 5.42. The Hall–Kier alpha value is -0.320. The fourth-order valence-electron chi connectivity index (χ4n) is 0.729. The van der Waals surface area contributed by atoms with Crippen LogP contribution in [0.4, 0.5) is 0 Å². The van der Waals surface area contributed by atoms with Crippen molar-refractivity contribution in [2.24, 2.45) is 0 Å². The van der Waals surface area contributed by atoms with E-state index in [0.717, 1.165) is 17.3 Å². The summed E-state index contributed by atoms with van der Waals surface area (Å²) in [4.78, 5) is 10.0. The molecule has 0 unspecified atom stereocenters. The molecule has 0 aromatic carbocycles. The molecule has 72 valence electrons. The van der Waals surface area contributed by atoms with Gasteiger partial charge in [0.05, 0.1) is 0 Å². The number of halogens is 1. The number of rotatable bonds is 4. The Morgan fingerprint density at radius 2 is 2.23 bits per heavy atom. The highest BCUT2D eigenvalue weighted by molar-refractivity contribution is 7.99. The van der Waals surface area contributed by atoms with E-state index < -0.39 is 0 Å². The van der Waals surface area contributed by atoms with Crippen LogP contribution >= 0.6 is 23.4 Å². The SMILES string of the molecule is CN(C)CCSc1cc(Cl)ncn1. The van der Waals surface area contributed by atoms with Crippen molar-refractivity contribution < 1.29 is 0 Å². The summed E-state index contributed by atoms with van der Waals surface area (Å²) in [6.07, 6.45) is 1.49. The van der Waals surface area contributed by atoms with Gasteiger partial charge in [0.1, 0.15) is 16.5 Å². The van der Waals surface area contributed by atoms with Crippen LogP contribution in [0.25, 0.3) is 0 Å². The van der Waals surface area contributed by atoms with Crippen molar-refractivity contribution in [3.8, 4) is 0 Å². The number of thioether (sulfide) groups is 1. The second-order valence-corrected chi connectivity index (χ2v) is 4.33. The molecule has 0 fully saturated rings. The lowest BCUT2D eigenvalue weighted by molar-refractivity contribution is 0.437. The lowest BCUT2D eigenvalue weighted by atomic mass is 10.7. The lowest BCUT2D eigenvalue weighted by Crippen LogP contribution is -2.14. The van der Waals surface area contributed by atoms with E-state index >= 15 is 0 Å². The Morgan fingerprint density at radius 1 is 1.46 bits per heavy atom. The molecule has 1 rings (SSSR count). The molecule has 0 N–H and O–H groups in total. The van der Waals surface area contributed by atoms with Crippen LogP contribution in [0.15, 0.2) is 17.4 Å². The highest BCUT2D eigenvalue weighted by atomic mass is 35.5. The van der Waals surface area contributed by atoms with Gasteiger partial charge in [0.15, 0.2) is 0 Å². The van der Waals surface area contributed by atoms with Crippen LogP contribution in [0.5, 0.6) is 0 Å². The molecular formula is C8H12ClN3S. The summed E-state index contributed by atoms with van der Waals surface area (Å²) >= 11 is 7.40. The van der Waals surface area contributed by atoms with Crippen LogP contribution in [0.2, 0.25) is 5.15 Å². The van der Waals surface area contributed by atoms with E-state index in [1.54, 1.807) is 17.8 Å². The van der Waals surface area contributed by atoms with Gasteiger partial charge >= 0.3 is 0 Å². The van der Waals surface area contributed by atoms with Crippen LogP contribution in [0, 0.1) is 0 Å². The van der Waals surface area contributed by atoms with E-state index in [1.165, 1.54) is 6.33 Å². The van der Waals surface area contributed by atoms with Gasteiger partial charge in [0.2, 0.25) is 0 Å². The fourth-order valence-corrected chi connectivity index (χ4v) is 1.92. The zero-order valence-electron chi connectivity index (χ0n) is 7.70. The third-order valence-corrected chi connectivity index (χ3v) is 2.51. The first-order chi connectivity index (χ1) is 6.18. The molecule has 3 nitrogen and oxygen atoms in total. The zero-order valence-corrected chi connectivity index (χ0v) is 9.27. The molecule has 0 aliphatic carbocycles. The molecule has 0 amide bonds. The summed E-state index contributed by atoms with van der Waals surface area (Å²) in [7, 11) is 4.10. The molecule has 0 radical (unpaired) electrons. The van der Waals surface area contributed by atoms with Crippen molar-refractivity contribution in [2.75, 3.05) is 26.4 Å². The minimum Gasteiger partial charge on any atom is -0.309 e. The average Bonchev–Trinajstić information content (AvgIpc) is 2.03. The van der Waals surface area contributed by atoms with Crippen LogP contribution in [-0.4, -0.2) is 41.3 Å². The van der Waals surface area contributed by atoms with Gasteiger partial charge in [-0.15, -0.1) is 11.8 Å². The number of hydrogen-bond donors (Lipinski definition) is 0. The van der Waals surface area contributed by atoms with E-state index in [0.29, 0.717) is 5.15 Å². The molecule has 0 spiro atoms. The highest BCUT2D eigenvalue weighted by Crippen LogP contribution is 2.16. The van der Waals surface area contributed by atoms with E-state index in [4.69, 9.17) is 11.6 Å². The van der Waals surface area contributed by atoms with Crippen molar-refractivity contribution in [1.29, 1.82) is 0 Å². The maximum atomic E-state index is 5.71. The number of aromatic nitrogens is 2. The summed E-state index contributed by atoms with van der Waals surface area (Å²) < 4.78 is 0. The van der Waals surface area contributed by atoms with Gasteiger partial charge in [0.25, 0.3) is 0 Å². The summed E-state index contributed by atoms with van der Waals surface area (Å²) in [5.41, 5.74) is 0. The van der Waals surface area contributed by atoms with Crippen LogP contribution < -0.4 is 0 Å². The van der Waals surface area contributed by atoms with E-state index in [-0.39, 0.29) is 0 Å². The Balaban J connectivity index is 2.37. The molecule has 0 atom stereocenters. The minimum absolute atomic E-state index is 0.502. The lowest BCUT2D eigenvalue weighted by Gasteiger charge is -2.07. The zero-order chi connectivity index (χ0) is 9.68. The summed E-state index contributed by atoms with van der Waals surface area (Å²) in [6, 6.07) is 1.78. The fraction of sp³-hybridized carbons (Fsp3) is 0.500. The van der Waals surface area contributed by atoms with Crippen molar-refractivity contribution in [1.82, 2.24) is 14.9 Å². The molecule has 1 aromatic rings. The first-order valence-electron chi connectivity index (χ1n) is 3.93. The van der Waals surface area contributed by atoms with Crippen molar-refractivity contribution in [3.63, 3.8) is 0 Å². The third kappa shape index (κ3) is 4.45. The molecule has 1 heterocycles. The van der Waals surface area contributed by atoms with Gasteiger partial charge in [0, 0.05) is 18.4 Å². The summed E-state index contributed by atoms with van der Waals surface area (Å²) in [6.45, 7) is 1.03. The maximum Gasteiger partial charge on any atom is 0.133 e. The molecule has 0 aliphatic heterocycles. The number of hydrogen-bond acceptors (Lipinski definition) is 4.